The molecule has 2 aliphatic carbocycles. The summed E-state index contributed by atoms with van der Waals surface area (Å²) in [5.41, 5.74) is 1.14. The molecule has 3 fully saturated rings. The van der Waals surface area contributed by atoms with Crippen LogP contribution in [0.3, 0.4) is 0 Å². The smallest absolute Gasteiger partial charge is 0.305 e. The first-order valence-corrected chi connectivity index (χ1v) is 13.2. The Labute approximate surface area is 233 Å². The van der Waals surface area contributed by atoms with E-state index in [1.165, 1.54) is 19.2 Å². The van der Waals surface area contributed by atoms with Crippen molar-refractivity contribution in [1.82, 2.24) is 9.80 Å². The number of carboxylic acids is 2. The van der Waals surface area contributed by atoms with E-state index in [0.717, 1.165) is 9.80 Å². The number of phenols is 1. The van der Waals surface area contributed by atoms with E-state index in [9.17, 15) is 33.9 Å². The minimum atomic E-state index is -1.17. The molecule has 13 heteroatoms. The van der Waals surface area contributed by atoms with Crippen LogP contribution in [0.25, 0.3) is 0 Å². The highest BCUT2D eigenvalue weighted by Gasteiger charge is 2.61. The van der Waals surface area contributed by atoms with Gasteiger partial charge in [0.2, 0.25) is 23.6 Å². The number of amides is 4. The second-order valence-corrected chi connectivity index (χ2v) is 10.9. The highest BCUT2D eigenvalue weighted by Crippen LogP contribution is 2.58. The molecule has 0 radical (unpaired) electrons. The molecule has 2 saturated heterocycles. The Morgan fingerprint density at radius 2 is 1.48 bits per heavy atom. The maximum Gasteiger partial charge on any atom is 0.305 e. The molecule has 40 heavy (non-hydrogen) atoms. The maximum absolute atomic E-state index is 13.7. The van der Waals surface area contributed by atoms with Crippen LogP contribution in [0.15, 0.2) is 23.8 Å². The topological polar surface area (TPSA) is 179 Å². The zero-order valence-corrected chi connectivity index (χ0v) is 22.2. The molecular formula is C27H27ClN2O10. The molecule has 12 nitrogen and oxygen atoms in total. The van der Waals surface area contributed by atoms with Crippen molar-refractivity contribution >= 4 is 47.2 Å². The minimum absolute atomic E-state index is 0.0435. The van der Waals surface area contributed by atoms with Crippen molar-refractivity contribution in [3.8, 4) is 11.5 Å². The first kappa shape index (κ1) is 27.6. The molecule has 3 N–H and O–H groups in total. The van der Waals surface area contributed by atoms with Crippen LogP contribution < -0.4 is 4.74 Å². The first-order chi connectivity index (χ1) is 19.0. The van der Waals surface area contributed by atoms with E-state index < -0.39 is 83.9 Å². The number of carbonyl (C=O) groups excluding carboxylic acids is 4. The van der Waals surface area contributed by atoms with E-state index in [2.05, 4.69) is 0 Å². The van der Waals surface area contributed by atoms with Crippen LogP contribution >= 0.6 is 11.6 Å². The second kappa shape index (κ2) is 10.2. The van der Waals surface area contributed by atoms with Crippen LogP contribution in [0.1, 0.15) is 37.2 Å². The van der Waals surface area contributed by atoms with Crippen molar-refractivity contribution < 1.29 is 48.8 Å². The summed E-state index contributed by atoms with van der Waals surface area (Å²) in [7, 11) is 1.33. The molecule has 4 aliphatic rings. The summed E-state index contributed by atoms with van der Waals surface area (Å²) in [5.74, 6) is -9.37. The largest absolute Gasteiger partial charge is 0.503 e. The summed E-state index contributed by atoms with van der Waals surface area (Å²) in [6.07, 6.45) is 1.27. The lowest BCUT2D eigenvalue weighted by Crippen LogP contribution is -2.43. The van der Waals surface area contributed by atoms with Gasteiger partial charge in [-0.2, -0.15) is 0 Å². The number of carboxylic acid groups (broad SMARTS) is 2. The van der Waals surface area contributed by atoms with Crippen LogP contribution in [0.5, 0.6) is 11.5 Å². The zero-order valence-electron chi connectivity index (χ0n) is 21.4. The highest BCUT2D eigenvalue weighted by atomic mass is 35.5. The molecule has 1 aromatic carbocycles. The van der Waals surface area contributed by atoms with Gasteiger partial charge in [-0.1, -0.05) is 23.3 Å². The Morgan fingerprint density at radius 1 is 0.900 bits per heavy atom. The molecule has 0 unspecified atom stereocenters. The molecule has 212 valence electrons. The Hall–Kier alpha value is -3.93. The summed E-state index contributed by atoms with van der Waals surface area (Å²) in [6, 6.07) is 2.98. The van der Waals surface area contributed by atoms with Gasteiger partial charge in [0.25, 0.3) is 0 Å². The van der Waals surface area contributed by atoms with Gasteiger partial charge in [-0.05, 0) is 36.5 Å². The number of ether oxygens (including phenoxy) is 1. The third kappa shape index (κ3) is 4.30. The lowest BCUT2D eigenvalue weighted by molar-refractivity contribution is -0.145. The van der Waals surface area contributed by atoms with Crippen LogP contribution in [0.4, 0.5) is 0 Å². The van der Waals surface area contributed by atoms with Gasteiger partial charge in [0.05, 0.1) is 48.6 Å². The number of benzene rings is 1. The number of phenolic OH excluding ortho intramolecular Hbond substituents is 1. The number of methoxy groups -OCH3 is 1. The Balaban J connectivity index is 1.60. The fraction of sp³-hybridized carbons (Fsp3) is 0.481. The summed E-state index contributed by atoms with van der Waals surface area (Å²) in [4.78, 5) is 78.1. The van der Waals surface area contributed by atoms with Crippen molar-refractivity contribution in [2.24, 2.45) is 29.6 Å². The molecule has 0 bridgehead atoms. The quantitative estimate of drug-likeness (QED) is 0.305. The molecule has 4 amide bonds. The molecular weight excluding hydrogens is 548 g/mol. The number of allylic oxidation sites excluding steroid dienone is 2. The number of aliphatic carboxylic acids is 2. The lowest BCUT2D eigenvalue weighted by atomic mass is 9.57. The molecule has 6 atom stereocenters. The second-order valence-electron chi connectivity index (χ2n) is 10.5. The fourth-order valence-electron chi connectivity index (χ4n) is 6.88. The van der Waals surface area contributed by atoms with Crippen molar-refractivity contribution in [3.05, 3.63) is 34.4 Å². The summed E-state index contributed by atoms with van der Waals surface area (Å²) in [6.45, 7) is -0.564. The molecule has 0 spiro atoms. The number of aromatic hydroxyl groups is 1. The van der Waals surface area contributed by atoms with Crippen molar-refractivity contribution in [2.75, 3.05) is 20.2 Å². The summed E-state index contributed by atoms with van der Waals surface area (Å²) >= 11 is 6.29. The number of fused-ring (bicyclic) bond motifs is 4. The minimum Gasteiger partial charge on any atom is -0.503 e. The molecule has 2 aliphatic heterocycles. The van der Waals surface area contributed by atoms with Crippen LogP contribution in [0, 0.1) is 29.6 Å². The third-order valence-electron chi connectivity index (χ3n) is 8.56. The van der Waals surface area contributed by atoms with Crippen molar-refractivity contribution in [1.29, 1.82) is 0 Å². The third-order valence-corrected chi connectivity index (χ3v) is 8.85. The van der Waals surface area contributed by atoms with Crippen molar-refractivity contribution in [3.63, 3.8) is 0 Å². The molecule has 2 heterocycles. The number of imide groups is 2. The van der Waals surface area contributed by atoms with E-state index in [0.29, 0.717) is 11.1 Å². The molecule has 1 saturated carbocycles. The van der Waals surface area contributed by atoms with Gasteiger partial charge in [-0.3, -0.25) is 38.6 Å². The van der Waals surface area contributed by atoms with Gasteiger partial charge in [-0.15, -0.1) is 0 Å². The predicted molar refractivity (Wildman–Crippen MR) is 135 cm³/mol. The van der Waals surface area contributed by atoms with E-state index in [-0.39, 0.29) is 42.5 Å². The average molecular weight is 575 g/mol. The van der Waals surface area contributed by atoms with Gasteiger partial charge < -0.3 is 20.1 Å². The number of carbonyl (C=O) groups is 6. The number of likely N-dealkylation sites (tertiary alicyclic amines) is 2. The van der Waals surface area contributed by atoms with E-state index in [1.54, 1.807) is 0 Å². The normalized spacial score (nSPS) is 29.2. The lowest BCUT2D eigenvalue weighted by Gasteiger charge is -2.44. The Morgan fingerprint density at radius 3 is 2.05 bits per heavy atom. The highest BCUT2D eigenvalue weighted by molar-refractivity contribution is 6.32. The summed E-state index contributed by atoms with van der Waals surface area (Å²) < 4.78 is 5.26. The van der Waals surface area contributed by atoms with Crippen LogP contribution in [-0.4, -0.2) is 80.9 Å². The van der Waals surface area contributed by atoms with E-state index >= 15 is 0 Å². The zero-order chi connectivity index (χ0) is 29.0. The standard InChI is InChI=1S/C27H27ClN2O10/c1-40-17-9-11(8-16(28)23(17)35)20-12-2-3-13-21(26(38)29(24(13)36)6-4-18(31)32)14(12)10-15-22(20)27(39)30(25(15)37)7-5-19(33)34/h2,8-9,13-15,20-22,35H,3-7,10H2,1H3,(H,31,32)(H,33,34)/t13-,14+,15+,20-,21-,22+/m0/s1. The molecule has 0 aromatic heterocycles. The maximum atomic E-state index is 13.7. The van der Waals surface area contributed by atoms with Crippen molar-refractivity contribution in [2.45, 2.75) is 31.6 Å². The van der Waals surface area contributed by atoms with Crippen LogP contribution in [-0.2, 0) is 28.8 Å². The number of nitrogens with zero attached hydrogens (tertiary/aromatic N) is 2. The van der Waals surface area contributed by atoms with Gasteiger partial charge in [0.1, 0.15) is 0 Å². The summed E-state index contributed by atoms with van der Waals surface area (Å²) in [5, 5.41) is 28.5. The van der Waals surface area contributed by atoms with Gasteiger partial charge in [0.15, 0.2) is 11.5 Å². The molecule has 1 aromatic rings. The van der Waals surface area contributed by atoms with Gasteiger partial charge in [-0.25, -0.2) is 0 Å². The number of hydrogen-bond donors (Lipinski definition) is 3. The van der Waals surface area contributed by atoms with E-state index in [4.69, 9.17) is 26.6 Å². The van der Waals surface area contributed by atoms with Crippen LogP contribution in [0.2, 0.25) is 5.02 Å². The number of hydrogen-bond acceptors (Lipinski definition) is 8. The van der Waals surface area contributed by atoms with Gasteiger partial charge >= 0.3 is 11.9 Å². The SMILES string of the molecule is COc1cc([C@H]2C3=CC[C@@H]4C(=O)N(CCC(=O)O)C(=O)[C@@H]4[C@@H]3C[C@H]3C(=O)N(CCC(=O)O)C(=O)[C@@H]23)cc(Cl)c1O. The predicted octanol–water partition coefficient (Wildman–Crippen LogP) is 1.64. The Bertz CT molecular complexity index is 1370. The average Bonchev–Trinajstić information content (AvgIpc) is 3.29. The fourth-order valence-corrected chi connectivity index (χ4v) is 7.10. The monoisotopic (exact) mass is 574 g/mol. The Kier molecular flexibility index (Phi) is 7.07. The number of halogens is 1. The number of rotatable bonds is 8. The molecule has 5 rings (SSSR count). The van der Waals surface area contributed by atoms with Gasteiger partial charge in [0, 0.05) is 19.0 Å². The van der Waals surface area contributed by atoms with E-state index in [1.807, 2.05) is 6.08 Å². The first-order valence-electron chi connectivity index (χ1n) is 12.9.